The van der Waals surface area contributed by atoms with Gasteiger partial charge >= 0.3 is 0 Å². The highest BCUT2D eigenvalue weighted by molar-refractivity contribution is 7.21. The molecule has 0 fully saturated rings. The second-order valence-corrected chi connectivity index (χ2v) is 7.94. The number of carbonyl (C=O) groups is 1. The summed E-state index contributed by atoms with van der Waals surface area (Å²) < 4.78 is 18.4. The van der Waals surface area contributed by atoms with Crippen molar-refractivity contribution in [1.29, 1.82) is 0 Å². The Labute approximate surface area is 182 Å². The molecular weight excluding hydrogens is 418 g/mol. The van der Waals surface area contributed by atoms with Gasteiger partial charge in [0, 0.05) is 16.2 Å². The summed E-state index contributed by atoms with van der Waals surface area (Å²) in [5, 5.41) is 16.7. The predicted molar refractivity (Wildman–Crippen MR) is 117 cm³/mol. The third-order valence-corrected chi connectivity index (χ3v) is 5.43. The van der Waals surface area contributed by atoms with Gasteiger partial charge in [0.15, 0.2) is 17.2 Å². The number of ether oxygens (including phenoxy) is 3. The summed E-state index contributed by atoms with van der Waals surface area (Å²) in [5.41, 5.74) is 1.04. The quantitative estimate of drug-likeness (QED) is 0.426. The monoisotopic (exact) mass is 439 g/mol. The zero-order chi connectivity index (χ0) is 21.8. The number of aromatic nitrogens is 4. The standard InChI is InChI=1S/C21H21N5O4S/c1-12(2)30-18-14-9-15(28-3)16(29-11-13-7-5-4-6-8-13)10-17(14)31-19(18)20(27)22-21-23-25-26-24-21/h4-10,12H,11H2,1-3H3,(H2,22,23,24,25,26,27). The van der Waals surface area contributed by atoms with Gasteiger partial charge in [-0.15, -0.1) is 16.4 Å². The summed E-state index contributed by atoms with van der Waals surface area (Å²) in [4.78, 5) is 13.3. The van der Waals surface area contributed by atoms with Crippen molar-refractivity contribution in [2.45, 2.75) is 26.6 Å². The van der Waals surface area contributed by atoms with Gasteiger partial charge in [0.25, 0.3) is 11.9 Å². The number of H-pyrrole nitrogens is 1. The Kier molecular flexibility index (Phi) is 5.99. The highest BCUT2D eigenvalue weighted by Crippen LogP contribution is 2.44. The van der Waals surface area contributed by atoms with Gasteiger partial charge in [0.2, 0.25) is 0 Å². The zero-order valence-electron chi connectivity index (χ0n) is 17.2. The van der Waals surface area contributed by atoms with Gasteiger partial charge in [0.1, 0.15) is 11.5 Å². The van der Waals surface area contributed by atoms with Crippen LogP contribution in [-0.4, -0.2) is 39.7 Å². The predicted octanol–water partition coefficient (Wildman–Crippen LogP) is 4.04. The summed E-state index contributed by atoms with van der Waals surface area (Å²) in [6.07, 6.45) is -0.130. The lowest BCUT2D eigenvalue weighted by Gasteiger charge is -2.13. The largest absolute Gasteiger partial charge is 0.493 e. The van der Waals surface area contributed by atoms with Crippen molar-refractivity contribution < 1.29 is 19.0 Å². The van der Waals surface area contributed by atoms with Crippen LogP contribution in [0.3, 0.4) is 0 Å². The molecule has 10 heteroatoms. The lowest BCUT2D eigenvalue weighted by molar-refractivity contribution is 0.102. The molecule has 31 heavy (non-hydrogen) atoms. The molecule has 2 aromatic carbocycles. The fourth-order valence-corrected chi connectivity index (χ4v) is 4.01. The molecular formula is C21H21N5O4S. The van der Waals surface area contributed by atoms with Crippen LogP contribution in [0, 0.1) is 0 Å². The summed E-state index contributed by atoms with van der Waals surface area (Å²) in [7, 11) is 1.58. The Morgan fingerprint density at radius 1 is 1.19 bits per heavy atom. The number of anilines is 1. The van der Waals surface area contributed by atoms with Crippen LogP contribution in [0.4, 0.5) is 5.95 Å². The van der Waals surface area contributed by atoms with E-state index in [1.54, 1.807) is 7.11 Å². The molecule has 0 bridgehead atoms. The first-order chi connectivity index (χ1) is 15.0. The maximum Gasteiger partial charge on any atom is 0.272 e. The van der Waals surface area contributed by atoms with Gasteiger partial charge in [-0.05, 0) is 30.7 Å². The number of hydrogen-bond donors (Lipinski definition) is 2. The van der Waals surface area contributed by atoms with E-state index in [1.165, 1.54) is 11.3 Å². The van der Waals surface area contributed by atoms with Crippen LogP contribution in [-0.2, 0) is 6.61 Å². The van der Waals surface area contributed by atoms with Crippen LogP contribution in [0.15, 0.2) is 42.5 Å². The number of nitrogens with one attached hydrogen (secondary N) is 2. The van der Waals surface area contributed by atoms with Gasteiger partial charge in [-0.2, -0.15) is 5.21 Å². The number of hydrogen-bond acceptors (Lipinski definition) is 8. The molecule has 0 spiro atoms. The maximum atomic E-state index is 12.9. The molecule has 2 N–H and O–H groups in total. The van der Waals surface area contributed by atoms with Crippen LogP contribution in [0.5, 0.6) is 17.2 Å². The van der Waals surface area contributed by atoms with E-state index in [-0.39, 0.29) is 18.0 Å². The number of methoxy groups -OCH3 is 1. The number of aromatic amines is 1. The van der Waals surface area contributed by atoms with Crippen molar-refractivity contribution in [1.82, 2.24) is 20.6 Å². The fraction of sp³-hybridized carbons (Fsp3) is 0.238. The van der Waals surface area contributed by atoms with Crippen molar-refractivity contribution in [3.63, 3.8) is 0 Å². The highest BCUT2D eigenvalue weighted by Gasteiger charge is 2.24. The molecule has 0 radical (unpaired) electrons. The molecule has 0 aliphatic heterocycles. The number of thiophene rings is 1. The van der Waals surface area contributed by atoms with Crippen LogP contribution >= 0.6 is 11.3 Å². The molecule has 2 aromatic heterocycles. The zero-order valence-corrected chi connectivity index (χ0v) is 18.0. The van der Waals surface area contributed by atoms with Crippen LogP contribution in [0.25, 0.3) is 10.1 Å². The van der Waals surface area contributed by atoms with Crippen LogP contribution in [0.2, 0.25) is 0 Å². The summed E-state index contributed by atoms with van der Waals surface area (Å²) in [5.74, 6) is 1.32. The van der Waals surface area contributed by atoms with Gasteiger partial charge < -0.3 is 14.2 Å². The van der Waals surface area contributed by atoms with E-state index < -0.39 is 0 Å². The molecule has 0 atom stereocenters. The van der Waals surface area contributed by atoms with Gasteiger partial charge in [-0.3, -0.25) is 10.1 Å². The Balaban J connectivity index is 1.71. The summed E-state index contributed by atoms with van der Waals surface area (Å²) in [6, 6.07) is 13.6. The lowest BCUT2D eigenvalue weighted by Crippen LogP contribution is -2.14. The van der Waals surface area contributed by atoms with E-state index >= 15 is 0 Å². The van der Waals surface area contributed by atoms with Crippen LogP contribution < -0.4 is 19.5 Å². The van der Waals surface area contributed by atoms with Gasteiger partial charge in [0.05, 0.1) is 13.2 Å². The molecule has 4 rings (SSSR count). The first-order valence-corrected chi connectivity index (χ1v) is 10.4. The molecule has 9 nitrogen and oxygen atoms in total. The fourth-order valence-electron chi connectivity index (χ4n) is 2.96. The number of nitrogens with zero attached hydrogens (tertiary/aromatic N) is 3. The second kappa shape index (κ2) is 9.00. The van der Waals surface area contributed by atoms with Gasteiger partial charge in [-0.25, -0.2) is 0 Å². The SMILES string of the molecule is COc1cc2c(OC(C)C)c(C(=O)Nc3nn[nH]n3)sc2cc1OCc1ccccc1. The van der Waals surface area contributed by atoms with Crippen molar-refractivity contribution in [3.05, 3.63) is 52.9 Å². The average molecular weight is 439 g/mol. The van der Waals surface area contributed by atoms with Crippen molar-refractivity contribution in [2.75, 3.05) is 12.4 Å². The van der Waals surface area contributed by atoms with Crippen molar-refractivity contribution in [3.8, 4) is 17.2 Å². The minimum atomic E-state index is -0.385. The normalized spacial score (nSPS) is 11.0. The number of tetrazole rings is 1. The Morgan fingerprint density at radius 3 is 2.68 bits per heavy atom. The molecule has 0 saturated carbocycles. The van der Waals surface area contributed by atoms with Crippen molar-refractivity contribution in [2.24, 2.45) is 0 Å². The smallest absolute Gasteiger partial charge is 0.272 e. The Bertz CT molecular complexity index is 1180. The van der Waals surface area contributed by atoms with E-state index in [0.29, 0.717) is 28.7 Å². The number of fused-ring (bicyclic) bond motifs is 1. The first kappa shape index (κ1) is 20.6. The molecule has 4 aromatic rings. The van der Waals surface area contributed by atoms with Gasteiger partial charge in [-0.1, -0.05) is 35.4 Å². The maximum absolute atomic E-state index is 12.9. The molecule has 1 amide bonds. The lowest BCUT2D eigenvalue weighted by atomic mass is 10.2. The number of carbonyl (C=O) groups excluding carboxylic acids is 1. The molecule has 0 aliphatic carbocycles. The first-order valence-electron chi connectivity index (χ1n) is 9.58. The molecule has 0 saturated heterocycles. The highest BCUT2D eigenvalue weighted by atomic mass is 32.1. The molecule has 160 valence electrons. The van der Waals surface area contributed by atoms with E-state index in [1.807, 2.05) is 56.3 Å². The van der Waals surface area contributed by atoms with E-state index in [4.69, 9.17) is 14.2 Å². The molecule has 0 aliphatic rings. The van der Waals surface area contributed by atoms with E-state index in [0.717, 1.165) is 15.6 Å². The number of amides is 1. The third-order valence-electron chi connectivity index (χ3n) is 4.30. The minimum absolute atomic E-state index is 0.0856. The second-order valence-electron chi connectivity index (χ2n) is 6.89. The minimum Gasteiger partial charge on any atom is -0.493 e. The Hall–Kier alpha value is -3.66. The summed E-state index contributed by atoms with van der Waals surface area (Å²) >= 11 is 1.29. The third kappa shape index (κ3) is 4.58. The van der Waals surface area contributed by atoms with Crippen molar-refractivity contribution >= 4 is 33.3 Å². The van der Waals surface area contributed by atoms with Crippen LogP contribution in [0.1, 0.15) is 29.1 Å². The average Bonchev–Trinajstić information content (AvgIpc) is 3.39. The number of rotatable bonds is 8. The Morgan fingerprint density at radius 2 is 2.00 bits per heavy atom. The summed E-state index contributed by atoms with van der Waals surface area (Å²) in [6.45, 7) is 4.20. The van der Waals surface area contributed by atoms with E-state index in [9.17, 15) is 4.79 Å². The topological polar surface area (TPSA) is 111 Å². The molecule has 0 unspecified atom stereocenters. The van der Waals surface area contributed by atoms with E-state index in [2.05, 4.69) is 25.9 Å². The number of benzene rings is 2. The molecule has 2 heterocycles.